The van der Waals surface area contributed by atoms with Crippen LogP contribution in [0.4, 0.5) is 4.39 Å². The van der Waals surface area contributed by atoms with Crippen LogP contribution in [0.5, 0.6) is 0 Å². The van der Waals surface area contributed by atoms with E-state index in [1.165, 1.54) is 11.1 Å². The maximum absolute atomic E-state index is 13.7. The van der Waals surface area contributed by atoms with Gasteiger partial charge in [-0.1, -0.05) is 48.5 Å². The van der Waals surface area contributed by atoms with E-state index in [1.54, 1.807) is 23.1 Å². The van der Waals surface area contributed by atoms with Gasteiger partial charge in [-0.2, -0.15) is 5.10 Å². The molecule has 2 aliphatic heterocycles. The topological polar surface area (TPSA) is 82.1 Å². The van der Waals surface area contributed by atoms with E-state index in [2.05, 4.69) is 10.4 Å². The standard InChI is InChI=1S/C27H31FN4O3/c28-23-9-5-4-6-20(23)12-16-29-27(35)22-13-17-31(18-14-22)25(33)10-11-26(34)32-19-15-24(30-32)21-7-2-1-3-8-21/h1-9,22H,10-19H2,(H,29,35). The molecule has 0 aliphatic carbocycles. The number of likely N-dealkylation sites (tertiary alicyclic amines) is 1. The zero-order valence-corrected chi connectivity index (χ0v) is 19.8. The van der Waals surface area contributed by atoms with Crippen molar-refractivity contribution in [2.45, 2.75) is 38.5 Å². The smallest absolute Gasteiger partial charge is 0.243 e. The quantitative estimate of drug-likeness (QED) is 0.633. The summed E-state index contributed by atoms with van der Waals surface area (Å²) in [5.74, 6) is -0.682. The van der Waals surface area contributed by atoms with Gasteiger partial charge < -0.3 is 10.2 Å². The summed E-state index contributed by atoms with van der Waals surface area (Å²) in [5.41, 5.74) is 2.48. The zero-order chi connectivity index (χ0) is 24.6. The molecule has 184 valence electrons. The highest BCUT2D eigenvalue weighted by molar-refractivity contribution is 6.02. The molecule has 0 radical (unpaired) electrons. The van der Waals surface area contributed by atoms with Crippen molar-refractivity contribution in [2.75, 3.05) is 26.2 Å². The molecule has 0 aromatic heterocycles. The van der Waals surface area contributed by atoms with Crippen molar-refractivity contribution in [3.05, 3.63) is 71.5 Å². The fourth-order valence-corrected chi connectivity index (χ4v) is 4.53. The molecule has 0 atom stereocenters. The first-order chi connectivity index (χ1) is 17.0. The number of nitrogens with one attached hydrogen (secondary N) is 1. The lowest BCUT2D eigenvalue weighted by atomic mass is 9.95. The molecule has 2 aromatic carbocycles. The SMILES string of the molecule is O=C(NCCc1ccccc1F)C1CCN(C(=O)CCC(=O)N2CCC(c3ccccc3)=N2)CC1. The molecule has 0 spiro atoms. The molecule has 3 amide bonds. The van der Waals surface area contributed by atoms with E-state index >= 15 is 0 Å². The second-order valence-corrected chi connectivity index (χ2v) is 8.97. The van der Waals surface area contributed by atoms with Crippen molar-refractivity contribution in [2.24, 2.45) is 11.0 Å². The molecule has 1 N–H and O–H groups in total. The Morgan fingerprint density at radius 3 is 2.34 bits per heavy atom. The number of hydrogen-bond donors (Lipinski definition) is 1. The first-order valence-electron chi connectivity index (χ1n) is 12.2. The first kappa shape index (κ1) is 24.6. The fourth-order valence-electron chi connectivity index (χ4n) is 4.53. The Hall–Kier alpha value is -3.55. The van der Waals surface area contributed by atoms with Gasteiger partial charge in [0.2, 0.25) is 17.7 Å². The Morgan fingerprint density at radius 1 is 0.914 bits per heavy atom. The Balaban J connectivity index is 1.15. The highest BCUT2D eigenvalue weighted by Crippen LogP contribution is 2.20. The third-order valence-electron chi connectivity index (χ3n) is 6.62. The van der Waals surface area contributed by atoms with Gasteiger partial charge in [-0.15, -0.1) is 0 Å². The summed E-state index contributed by atoms with van der Waals surface area (Å²) in [7, 11) is 0. The Labute approximate surface area is 205 Å². The lowest BCUT2D eigenvalue weighted by molar-refractivity contribution is -0.138. The van der Waals surface area contributed by atoms with Crippen LogP contribution in [0.1, 0.15) is 43.2 Å². The summed E-state index contributed by atoms with van der Waals surface area (Å²) in [6.45, 7) is 1.91. The molecule has 0 unspecified atom stereocenters. The summed E-state index contributed by atoms with van der Waals surface area (Å²) in [6, 6.07) is 16.3. The molecular weight excluding hydrogens is 447 g/mol. The number of piperidine rings is 1. The van der Waals surface area contributed by atoms with Crippen LogP contribution in [0.2, 0.25) is 0 Å². The summed E-state index contributed by atoms with van der Waals surface area (Å²) in [5, 5.41) is 8.79. The number of hydrazone groups is 1. The van der Waals surface area contributed by atoms with Gasteiger partial charge in [0.05, 0.1) is 12.3 Å². The minimum atomic E-state index is -0.264. The Morgan fingerprint density at radius 2 is 1.60 bits per heavy atom. The molecule has 1 saturated heterocycles. The minimum Gasteiger partial charge on any atom is -0.356 e. The predicted molar refractivity (Wildman–Crippen MR) is 131 cm³/mol. The summed E-state index contributed by atoms with van der Waals surface area (Å²) >= 11 is 0. The number of carbonyl (C=O) groups excluding carboxylic acids is 3. The van der Waals surface area contributed by atoms with Crippen LogP contribution in [0.25, 0.3) is 0 Å². The van der Waals surface area contributed by atoms with E-state index in [0.29, 0.717) is 57.4 Å². The number of halogens is 1. The van der Waals surface area contributed by atoms with Gasteiger partial charge in [-0.25, -0.2) is 9.40 Å². The molecule has 2 aliphatic rings. The molecule has 1 fully saturated rings. The van der Waals surface area contributed by atoms with E-state index in [1.807, 2.05) is 30.3 Å². The van der Waals surface area contributed by atoms with Gasteiger partial charge >= 0.3 is 0 Å². The van der Waals surface area contributed by atoms with Crippen LogP contribution in [0, 0.1) is 11.7 Å². The van der Waals surface area contributed by atoms with E-state index in [0.717, 1.165) is 11.3 Å². The predicted octanol–water partition coefficient (Wildman–Crippen LogP) is 3.14. The van der Waals surface area contributed by atoms with Crippen molar-refractivity contribution in [3.8, 4) is 0 Å². The van der Waals surface area contributed by atoms with E-state index in [4.69, 9.17) is 0 Å². The molecule has 0 saturated carbocycles. The Kier molecular flexibility index (Phi) is 8.23. The average Bonchev–Trinajstić information content (AvgIpc) is 3.39. The zero-order valence-electron chi connectivity index (χ0n) is 19.8. The van der Waals surface area contributed by atoms with Gasteiger partial charge in [-0.05, 0) is 36.5 Å². The summed E-state index contributed by atoms with van der Waals surface area (Å²) in [6.07, 6.45) is 2.59. The van der Waals surface area contributed by atoms with E-state index in [-0.39, 0.29) is 42.3 Å². The number of hydrogen-bond acceptors (Lipinski definition) is 4. The van der Waals surface area contributed by atoms with Crippen molar-refractivity contribution in [3.63, 3.8) is 0 Å². The molecule has 7 nitrogen and oxygen atoms in total. The minimum absolute atomic E-state index is 0.0512. The third-order valence-corrected chi connectivity index (χ3v) is 6.62. The molecule has 35 heavy (non-hydrogen) atoms. The van der Waals surface area contributed by atoms with Gasteiger partial charge in [0.15, 0.2) is 0 Å². The normalized spacial score (nSPS) is 16.2. The highest BCUT2D eigenvalue weighted by atomic mass is 19.1. The maximum atomic E-state index is 13.7. The van der Waals surface area contributed by atoms with Crippen molar-refractivity contribution < 1.29 is 18.8 Å². The monoisotopic (exact) mass is 478 g/mol. The number of rotatable bonds is 8. The van der Waals surface area contributed by atoms with Crippen molar-refractivity contribution >= 4 is 23.4 Å². The van der Waals surface area contributed by atoms with Crippen LogP contribution in [-0.4, -0.2) is 59.5 Å². The molecule has 2 heterocycles. The van der Waals surface area contributed by atoms with Gasteiger partial charge in [0.25, 0.3) is 0 Å². The van der Waals surface area contributed by atoms with E-state index < -0.39 is 0 Å². The summed E-state index contributed by atoms with van der Waals surface area (Å²) in [4.78, 5) is 39.4. The maximum Gasteiger partial charge on any atom is 0.243 e. The number of carbonyl (C=O) groups is 3. The van der Waals surface area contributed by atoms with Crippen LogP contribution in [0.15, 0.2) is 59.7 Å². The van der Waals surface area contributed by atoms with Crippen LogP contribution in [0.3, 0.4) is 0 Å². The summed E-state index contributed by atoms with van der Waals surface area (Å²) < 4.78 is 13.7. The first-order valence-corrected chi connectivity index (χ1v) is 12.2. The van der Waals surface area contributed by atoms with Gasteiger partial charge in [0, 0.05) is 44.8 Å². The second kappa shape index (κ2) is 11.7. The van der Waals surface area contributed by atoms with Crippen LogP contribution >= 0.6 is 0 Å². The molecule has 8 heteroatoms. The van der Waals surface area contributed by atoms with E-state index in [9.17, 15) is 18.8 Å². The third kappa shape index (κ3) is 6.53. The number of nitrogens with zero attached hydrogens (tertiary/aromatic N) is 3. The lowest BCUT2D eigenvalue weighted by Gasteiger charge is -2.31. The largest absolute Gasteiger partial charge is 0.356 e. The van der Waals surface area contributed by atoms with Gasteiger partial charge in [0.1, 0.15) is 5.82 Å². The molecular formula is C27H31FN4O3. The molecule has 2 aromatic rings. The van der Waals surface area contributed by atoms with Crippen molar-refractivity contribution in [1.29, 1.82) is 0 Å². The van der Waals surface area contributed by atoms with Crippen LogP contribution < -0.4 is 5.32 Å². The van der Waals surface area contributed by atoms with Crippen LogP contribution in [-0.2, 0) is 20.8 Å². The van der Waals surface area contributed by atoms with Crippen molar-refractivity contribution in [1.82, 2.24) is 15.2 Å². The highest BCUT2D eigenvalue weighted by Gasteiger charge is 2.28. The number of amides is 3. The molecule has 4 rings (SSSR count). The number of benzene rings is 2. The average molecular weight is 479 g/mol. The van der Waals surface area contributed by atoms with Gasteiger partial charge in [-0.3, -0.25) is 14.4 Å². The lowest BCUT2D eigenvalue weighted by Crippen LogP contribution is -2.43. The Bertz CT molecular complexity index is 1080. The molecule has 0 bridgehead atoms. The second-order valence-electron chi connectivity index (χ2n) is 8.97. The fraction of sp³-hybridized carbons (Fsp3) is 0.407.